The number of amides is 1. The van der Waals surface area contributed by atoms with Crippen LogP contribution in [0.25, 0.3) is 5.82 Å². The van der Waals surface area contributed by atoms with Crippen molar-refractivity contribution in [3.8, 4) is 11.6 Å². The number of pyridine rings is 1. The van der Waals surface area contributed by atoms with Gasteiger partial charge in [0.25, 0.3) is 0 Å². The Hall–Kier alpha value is -3.15. The highest BCUT2D eigenvalue weighted by atomic mass is 16.5. The molecule has 1 aliphatic rings. The fraction of sp³-hybridized carbons (Fsp3) is 0.250. The van der Waals surface area contributed by atoms with Gasteiger partial charge in [0, 0.05) is 18.2 Å². The largest absolute Gasteiger partial charge is 0.496 e. The van der Waals surface area contributed by atoms with Gasteiger partial charge in [0.2, 0.25) is 5.91 Å². The molecule has 132 valence electrons. The summed E-state index contributed by atoms with van der Waals surface area (Å²) in [4.78, 5) is 17.0. The molecule has 0 spiro atoms. The number of carbonyl (C=O) groups excluding carboxylic acids is 1. The Kier molecular flexibility index (Phi) is 4.16. The molecule has 1 aliphatic carbocycles. The number of methoxy groups -OCH3 is 1. The van der Waals surface area contributed by atoms with Crippen molar-refractivity contribution < 1.29 is 9.53 Å². The highest BCUT2D eigenvalue weighted by Gasteiger charge is 2.45. The molecule has 3 aromatic rings. The minimum atomic E-state index is -0.0568. The number of anilines is 1. The number of ether oxygens (including phenoxy) is 1. The van der Waals surface area contributed by atoms with Crippen molar-refractivity contribution in [2.45, 2.75) is 19.3 Å². The van der Waals surface area contributed by atoms with Crippen molar-refractivity contribution >= 4 is 11.7 Å². The van der Waals surface area contributed by atoms with Crippen molar-refractivity contribution in [2.75, 3.05) is 12.4 Å². The Bertz CT molecular complexity index is 936. The molecule has 4 rings (SSSR count). The Morgan fingerprint density at radius 2 is 2.04 bits per heavy atom. The summed E-state index contributed by atoms with van der Waals surface area (Å²) in [5.74, 6) is 2.28. The highest BCUT2D eigenvalue weighted by molar-refractivity contribution is 5.95. The standard InChI is InChI=1S/C20H20N4O2/c1-13-11-19(24(23-13)18-9-5-6-10-21-18)22-20(25)16-12-15(16)14-7-3-4-8-17(14)26-2/h3-11,15-16H,12H2,1-2H3,(H,22,25)/t15-,16+/m0/s1. The van der Waals surface area contributed by atoms with Gasteiger partial charge in [0.15, 0.2) is 5.82 Å². The number of benzene rings is 1. The molecule has 2 atom stereocenters. The topological polar surface area (TPSA) is 69.0 Å². The number of rotatable bonds is 5. The molecule has 2 heterocycles. The zero-order chi connectivity index (χ0) is 18.1. The summed E-state index contributed by atoms with van der Waals surface area (Å²) in [6.45, 7) is 1.89. The first-order valence-electron chi connectivity index (χ1n) is 8.59. The molecule has 0 radical (unpaired) electrons. The number of nitrogens with one attached hydrogen (secondary N) is 1. The summed E-state index contributed by atoms with van der Waals surface area (Å²) >= 11 is 0. The number of aromatic nitrogens is 3. The lowest BCUT2D eigenvalue weighted by Gasteiger charge is -2.09. The smallest absolute Gasteiger partial charge is 0.229 e. The van der Waals surface area contributed by atoms with E-state index in [2.05, 4.69) is 15.4 Å². The second kappa shape index (κ2) is 6.63. The van der Waals surface area contributed by atoms with E-state index < -0.39 is 0 Å². The van der Waals surface area contributed by atoms with Crippen LogP contribution < -0.4 is 10.1 Å². The third-order valence-electron chi connectivity index (χ3n) is 4.61. The van der Waals surface area contributed by atoms with Crippen LogP contribution >= 0.6 is 0 Å². The molecule has 0 saturated heterocycles. The molecular weight excluding hydrogens is 328 g/mol. The lowest BCUT2D eigenvalue weighted by atomic mass is 10.1. The molecule has 26 heavy (non-hydrogen) atoms. The maximum absolute atomic E-state index is 12.7. The van der Waals surface area contributed by atoms with Gasteiger partial charge < -0.3 is 10.1 Å². The van der Waals surface area contributed by atoms with Crippen LogP contribution in [0.1, 0.15) is 23.6 Å². The minimum absolute atomic E-state index is 0.00186. The van der Waals surface area contributed by atoms with E-state index in [1.54, 1.807) is 18.0 Å². The predicted octanol–water partition coefficient (Wildman–Crippen LogP) is 3.33. The van der Waals surface area contributed by atoms with E-state index in [0.29, 0.717) is 11.6 Å². The Morgan fingerprint density at radius 1 is 1.23 bits per heavy atom. The molecule has 0 aliphatic heterocycles. The van der Waals surface area contributed by atoms with Gasteiger partial charge in [-0.05, 0) is 43.0 Å². The highest BCUT2D eigenvalue weighted by Crippen LogP contribution is 2.50. The molecule has 1 saturated carbocycles. The maximum atomic E-state index is 12.7. The summed E-state index contributed by atoms with van der Waals surface area (Å²) in [5.41, 5.74) is 1.91. The van der Waals surface area contributed by atoms with Gasteiger partial charge in [-0.2, -0.15) is 9.78 Å². The normalized spacial score (nSPS) is 18.4. The van der Waals surface area contributed by atoms with Crippen molar-refractivity contribution in [3.63, 3.8) is 0 Å². The minimum Gasteiger partial charge on any atom is -0.496 e. The van der Waals surface area contributed by atoms with E-state index >= 15 is 0 Å². The molecule has 6 nitrogen and oxygen atoms in total. The van der Waals surface area contributed by atoms with Crippen molar-refractivity contribution in [1.82, 2.24) is 14.8 Å². The number of nitrogens with zero attached hydrogens (tertiary/aromatic N) is 3. The second-order valence-corrected chi connectivity index (χ2v) is 6.45. The summed E-state index contributed by atoms with van der Waals surface area (Å²) in [6.07, 6.45) is 2.53. The zero-order valence-electron chi connectivity index (χ0n) is 14.7. The maximum Gasteiger partial charge on any atom is 0.229 e. The molecule has 1 N–H and O–H groups in total. The fourth-order valence-electron chi connectivity index (χ4n) is 3.26. The molecule has 6 heteroatoms. The number of carbonyl (C=O) groups is 1. The number of para-hydroxylation sites is 1. The van der Waals surface area contributed by atoms with E-state index in [1.807, 2.05) is 55.5 Å². The number of hydrogen-bond acceptors (Lipinski definition) is 4. The van der Waals surface area contributed by atoms with Gasteiger partial charge in [-0.15, -0.1) is 0 Å². The van der Waals surface area contributed by atoms with Crippen molar-refractivity contribution in [1.29, 1.82) is 0 Å². The van der Waals surface area contributed by atoms with Crippen LogP contribution in [-0.2, 0) is 4.79 Å². The molecule has 2 aromatic heterocycles. The average Bonchev–Trinajstić information content (AvgIpc) is 3.39. The Balaban J connectivity index is 1.52. The van der Waals surface area contributed by atoms with E-state index in [4.69, 9.17) is 4.74 Å². The average molecular weight is 348 g/mol. The molecule has 0 unspecified atom stereocenters. The molecule has 0 bridgehead atoms. The summed E-state index contributed by atoms with van der Waals surface area (Å²) in [5, 5.41) is 7.45. The third-order valence-corrected chi connectivity index (χ3v) is 4.61. The van der Waals surface area contributed by atoms with Crippen LogP contribution in [0.4, 0.5) is 5.82 Å². The third kappa shape index (κ3) is 3.06. The monoisotopic (exact) mass is 348 g/mol. The zero-order valence-corrected chi connectivity index (χ0v) is 14.7. The lowest BCUT2D eigenvalue weighted by Crippen LogP contribution is -2.17. The predicted molar refractivity (Wildman–Crippen MR) is 98.6 cm³/mol. The molecule has 1 aromatic carbocycles. The van der Waals surface area contributed by atoms with Crippen molar-refractivity contribution in [3.05, 3.63) is 66.0 Å². The van der Waals surface area contributed by atoms with Crippen LogP contribution in [0.15, 0.2) is 54.7 Å². The lowest BCUT2D eigenvalue weighted by molar-refractivity contribution is -0.117. The summed E-state index contributed by atoms with van der Waals surface area (Å²) in [6, 6.07) is 15.3. The van der Waals surface area contributed by atoms with E-state index in [9.17, 15) is 4.79 Å². The van der Waals surface area contributed by atoms with Crippen LogP contribution in [0.3, 0.4) is 0 Å². The van der Waals surface area contributed by atoms with E-state index in [0.717, 1.165) is 23.4 Å². The van der Waals surface area contributed by atoms with Crippen LogP contribution in [0.5, 0.6) is 5.75 Å². The molecule has 1 amide bonds. The fourth-order valence-corrected chi connectivity index (χ4v) is 3.26. The summed E-state index contributed by atoms with van der Waals surface area (Å²) < 4.78 is 7.08. The van der Waals surface area contributed by atoms with Gasteiger partial charge in [0.1, 0.15) is 11.6 Å². The van der Waals surface area contributed by atoms with E-state index in [1.165, 1.54) is 0 Å². The van der Waals surface area contributed by atoms with Crippen molar-refractivity contribution in [2.24, 2.45) is 5.92 Å². The first-order chi connectivity index (χ1) is 12.7. The van der Waals surface area contributed by atoms with Gasteiger partial charge in [-0.3, -0.25) is 4.79 Å². The van der Waals surface area contributed by atoms with Gasteiger partial charge >= 0.3 is 0 Å². The quantitative estimate of drug-likeness (QED) is 0.768. The van der Waals surface area contributed by atoms with Gasteiger partial charge in [-0.25, -0.2) is 4.98 Å². The van der Waals surface area contributed by atoms with Crippen LogP contribution in [0.2, 0.25) is 0 Å². The number of aryl methyl sites for hydroxylation is 1. The van der Waals surface area contributed by atoms with E-state index in [-0.39, 0.29) is 17.7 Å². The van der Waals surface area contributed by atoms with Gasteiger partial charge in [0.05, 0.1) is 12.8 Å². The van der Waals surface area contributed by atoms with Crippen LogP contribution in [0, 0.1) is 12.8 Å². The number of hydrogen-bond donors (Lipinski definition) is 1. The molecular formula is C20H20N4O2. The Labute approximate surface area is 151 Å². The Morgan fingerprint density at radius 3 is 2.81 bits per heavy atom. The second-order valence-electron chi connectivity index (χ2n) is 6.45. The first-order valence-corrected chi connectivity index (χ1v) is 8.59. The van der Waals surface area contributed by atoms with Crippen LogP contribution in [-0.4, -0.2) is 27.8 Å². The van der Waals surface area contributed by atoms with Gasteiger partial charge in [-0.1, -0.05) is 24.3 Å². The first kappa shape index (κ1) is 16.3. The molecule has 1 fully saturated rings. The SMILES string of the molecule is COc1ccccc1[C@@H]1C[C@H]1C(=O)Nc1cc(C)nn1-c1ccccn1. The summed E-state index contributed by atoms with van der Waals surface area (Å²) in [7, 11) is 1.66.